The number of ether oxygens (including phenoxy) is 1. The molecule has 0 aliphatic rings. The second-order valence-corrected chi connectivity index (χ2v) is 5.93. The molecule has 1 heterocycles. The zero-order valence-electron chi connectivity index (χ0n) is 13.2. The summed E-state index contributed by atoms with van der Waals surface area (Å²) in [5.74, 6) is 0.521. The maximum absolute atomic E-state index is 12.4. The van der Waals surface area contributed by atoms with E-state index in [0.717, 1.165) is 21.5 Å². The van der Waals surface area contributed by atoms with Gasteiger partial charge in [0.2, 0.25) is 5.88 Å². The van der Waals surface area contributed by atoms with Gasteiger partial charge in [-0.15, -0.1) is 11.8 Å². The summed E-state index contributed by atoms with van der Waals surface area (Å²) in [7, 11) is 3.42. The lowest BCUT2D eigenvalue weighted by molar-refractivity contribution is 0.102. The molecule has 6 heteroatoms. The van der Waals surface area contributed by atoms with Crippen molar-refractivity contribution in [3.8, 4) is 5.88 Å². The van der Waals surface area contributed by atoms with E-state index in [0.29, 0.717) is 11.4 Å². The normalized spacial score (nSPS) is 10.7. The lowest BCUT2D eigenvalue weighted by atomic mass is 10.1. The number of amides is 1. The number of fused-ring (bicyclic) bond motifs is 1. The van der Waals surface area contributed by atoms with E-state index in [2.05, 4.69) is 10.4 Å². The Bertz CT molecular complexity index is 856. The molecular weight excluding hydrogens is 310 g/mol. The highest BCUT2D eigenvalue weighted by atomic mass is 32.2. The Morgan fingerprint density at radius 2 is 1.96 bits per heavy atom. The lowest BCUT2D eigenvalue weighted by Gasteiger charge is -2.06. The molecule has 23 heavy (non-hydrogen) atoms. The van der Waals surface area contributed by atoms with Crippen LogP contribution in [0.4, 0.5) is 5.69 Å². The number of hydrogen-bond acceptors (Lipinski definition) is 4. The van der Waals surface area contributed by atoms with Crippen molar-refractivity contribution < 1.29 is 9.53 Å². The SMILES string of the molecule is COc1c2ccc(C(=O)Nc3ccc(SC)cc3)cc2nn1C. The minimum atomic E-state index is -0.159. The molecule has 5 nitrogen and oxygen atoms in total. The van der Waals surface area contributed by atoms with Gasteiger partial charge in [-0.2, -0.15) is 5.10 Å². The van der Waals surface area contributed by atoms with Gasteiger partial charge in [-0.3, -0.25) is 4.79 Å². The molecule has 0 saturated heterocycles. The van der Waals surface area contributed by atoms with Gasteiger partial charge >= 0.3 is 0 Å². The predicted octanol–water partition coefficient (Wildman–Crippen LogP) is 3.56. The van der Waals surface area contributed by atoms with Crippen LogP contribution >= 0.6 is 11.8 Å². The number of aryl methyl sites for hydroxylation is 1. The molecule has 0 spiro atoms. The topological polar surface area (TPSA) is 56.1 Å². The molecule has 118 valence electrons. The van der Waals surface area contributed by atoms with Crippen LogP contribution < -0.4 is 10.1 Å². The summed E-state index contributed by atoms with van der Waals surface area (Å²) in [5.41, 5.74) is 2.06. The number of anilines is 1. The second kappa shape index (κ2) is 6.34. The molecule has 0 radical (unpaired) electrons. The quantitative estimate of drug-likeness (QED) is 0.745. The third-order valence-corrected chi connectivity index (χ3v) is 4.33. The highest BCUT2D eigenvalue weighted by molar-refractivity contribution is 7.98. The molecule has 1 aromatic heterocycles. The number of nitrogens with one attached hydrogen (secondary N) is 1. The van der Waals surface area contributed by atoms with Crippen molar-refractivity contribution in [2.24, 2.45) is 7.05 Å². The molecular formula is C17H17N3O2S. The number of rotatable bonds is 4. The maximum atomic E-state index is 12.4. The van der Waals surface area contributed by atoms with Crippen LogP contribution in [0.15, 0.2) is 47.4 Å². The zero-order chi connectivity index (χ0) is 16.4. The molecule has 0 atom stereocenters. The van der Waals surface area contributed by atoms with Crippen molar-refractivity contribution in [3.63, 3.8) is 0 Å². The fourth-order valence-electron chi connectivity index (χ4n) is 2.44. The number of carbonyl (C=O) groups is 1. The Morgan fingerprint density at radius 3 is 2.61 bits per heavy atom. The Labute approximate surface area is 138 Å². The Kier molecular flexibility index (Phi) is 4.25. The molecule has 2 aromatic carbocycles. The molecule has 0 bridgehead atoms. The third kappa shape index (κ3) is 3.03. The number of thioether (sulfide) groups is 1. The fourth-order valence-corrected chi connectivity index (χ4v) is 2.85. The Balaban J connectivity index is 1.85. The van der Waals surface area contributed by atoms with Crippen LogP contribution in [0.2, 0.25) is 0 Å². The average Bonchev–Trinajstić information content (AvgIpc) is 2.89. The van der Waals surface area contributed by atoms with Crippen molar-refractivity contribution in [2.75, 3.05) is 18.7 Å². The van der Waals surface area contributed by atoms with E-state index in [9.17, 15) is 4.79 Å². The summed E-state index contributed by atoms with van der Waals surface area (Å²) in [6, 6.07) is 13.1. The summed E-state index contributed by atoms with van der Waals surface area (Å²) in [5, 5.41) is 8.15. The summed E-state index contributed by atoms with van der Waals surface area (Å²) < 4.78 is 6.97. The van der Waals surface area contributed by atoms with Crippen molar-refractivity contribution in [1.29, 1.82) is 0 Å². The molecule has 0 aliphatic carbocycles. The third-order valence-electron chi connectivity index (χ3n) is 3.58. The lowest BCUT2D eigenvalue weighted by Crippen LogP contribution is -2.11. The average molecular weight is 327 g/mol. The van der Waals surface area contributed by atoms with Crippen molar-refractivity contribution >= 4 is 34.3 Å². The van der Waals surface area contributed by atoms with Gasteiger partial charge in [0.25, 0.3) is 5.91 Å². The smallest absolute Gasteiger partial charge is 0.255 e. The van der Waals surface area contributed by atoms with Gasteiger partial charge in [-0.25, -0.2) is 4.68 Å². The van der Waals surface area contributed by atoms with Gasteiger partial charge in [0.05, 0.1) is 18.0 Å². The van der Waals surface area contributed by atoms with Gasteiger partial charge in [-0.1, -0.05) is 0 Å². The van der Waals surface area contributed by atoms with Crippen molar-refractivity contribution in [1.82, 2.24) is 9.78 Å². The van der Waals surface area contributed by atoms with E-state index in [1.54, 1.807) is 35.7 Å². The summed E-state index contributed by atoms with van der Waals surface area (Å²) in [6.45, 7) is 0. The summed E-state index contributed by atoms with van der Waals surface area (Å²) >= 11 is 1.66. The minimum Gasteiger partial charge on any atom is -0.481 e. The van der Waals surface area contributed by atoms with Crippen LogP contribution in [-0.2, 0) is 7.05 Å². The molecule has 3 aromatic rings. The van der Waals surface area contributed by atoms with Gasteiger partial charge in [0.1, 0.15) is 0 Å². The monoisotopic (exact) mass is 327 g/mol. The molecule has 0 fully saturated rings. The van der Waals surface area contributed by atoms with E-state index in [1.807, 2.05) is 43.6 Å². The first-order valence-corrected chi connectivity index (χ1v) is 8.31. The molecule has 3 rings (SSSR count). The van der Waals surface area contributed by atoms with E-state index < -0.39 is 0 Å². The van der Waals surface area contributed by atoms with E-state index in [4.69, 9.17) is 4.74 Å². The van der Waals surface area contributed by atoms with Crippen molar-refractivity contribution in [3.05, 3.63) is 48.0 Å². The maximum Gasteiger partial charge on any atom is 0.255 e. The highest BCUT2D eigenvalue weighted by Gasteiger charge is 2.13. The number of benzene rings is 2. The second-order valence-electron chi connectivity index (χ2n) is 5.05. The van der Waals surface area contributed by atoms with Crippen LogP contribution in [0.3, 0.4) is 0 Å². The zero-order valence-corrected chi connectivity index (χ0v) is 14.0. The summed E-state index contributed by atoms with van der Waals surface area (Å²) in [6.07, 6.45) is 2.02. The van der Waals surface area contributed by atoms with Gasteiger partial charge in [0.15, 0.2) is 0 Å². The number of nitrogens with zero attached hydrogens (tertiary/aromatic N) is 2. The number of aromatic nitrogens is 2. The van der Waals surface area contributed by atoms with Crippen LogP contribution in [0.1, 0.15) is 10.4 Å². The van der Waals surface area contributed by atoms with E-state index in [-0.39, 0.29) is 5.91 Å². The predicted molar refractivity (Wildman–Crippen MR) is 93.4 cm³/mol. The fraction of sp³-hybridized carbons (Fsp3) is 0.176. The molecule has 1 amide bonds. The summed E-state index contributed by atoms with van der Waals surface area (Å²) in [4.78, 5) is 13.5. The number of carbonyl (C=O) groups excluding carboxylic acids is 1. The minimum absolute atomic E-state index is 0.159. The standard InChI is InChI=1S/C17H17N3O2S/c1-20-17(22-2)14-9-4-11(10-15(14)19-20)16(21)18-12-5-7-13(23-3)8-6-12/h4-10H,1-3H3,(H,18,21). The van der Waals surface area contributed by atoms with Crippen LogP contribution in [0, 0.1) is 0 Å². The van der Waals surface area contributed by atoms with Gasteiger partial charge in [0, 0.05) is 23.2 Å². The van der Waals surface area contributed by atoms with Gasteiger partial charge in [-0.05, 0) is 48.7 Å². The highest BCUT2D eigenvalue weighted by Crippen LogP contribution is 2.25. The molecule has 0 aliphatic heterocycles. The van der Waals surface area contributed by atoms with Crippen LogP contribution in [-0.4, -0.2) is 29.1 Å². The van der Waals surface area contributed by atoms with E-state index >= 15 is 0 Å². The Morgan fingerprint density at radius 1 is 1.22 bits per heavy atom. The van der Waals surface area contributed by atoms with Crippen LogP contribution in [0.5, 0.6) is 5.88 Å². The first kappa shape index (κ1) is 15.4. The first-order chi connectivity index (χ1) is 11.1. The number of hydrogen-bond donors (Lipinski definition) is 1. The molecule has 1 N–H and O–H groups in total. The Hall–Kier alpha value is -2.47. The van der Waals surface area contributed by atoms with Crippen molar-refractivity contribution in [2.45, 2.75) is 4.90 Å². The van der Waals surface area contributed by atoms with Gasteiger partial charge < -0.3 is 10.1 Å². The largest absolute Gasteiger partial charge is 0.481 e. The molecule has 0 unspecified atom stereocenters. The molecule has 0 saturated carbocycles. The first-order valence-electron chi connectivity index (χ1n) is 7.08. The van der Waals surface area contributed by atoms with Crippen LogP contribution in [0.25, 0.3) is 10.9 Å². The van der Waals surface area contributed by atoms with E-state index in [1.165, 1.54) is 0 Å². The number of methoxy groups -OCH3 is 1.